The Bertz CT molecular complexity index is 564. The van der Waals surface area contributed by atoms with Crippen LogP contribution in [-0.4, -0.2) is 31.2 Å². The van der Waals surface area contributed by atoms with Gasteiger partial charge in [0.1, 0.15) is 0 Å². The molecule has 0 bridgehead atoms. The summed E-state index contributed by atoms with van der Waals surface area (Å²) in [5.74, 6) is 0. The quantitative estimate of drug-likeness (QED) is 0.905. The summed E-state index contributed by atoms with van der Waals surface area (Å²) in [5, 5.41) is 6.20. The van der Waals surface area contributed by atoms with E-state index in [4.69, 9.17) is 16.3 Å². The van der Waals surface area contributed by atoms with Crippen molar-refractivity contribution in [1.82, 2.24) is 4.90 Å². The van der Waals surface area contributed by atoms with E-state index in [1.54, 1.807) is 11.3 Å². The average molecular weight is 323 g/mol. The molecule has 0 aliphatic carbocycles. The third-order valence-electron chi connectivity index (χ3n) is 3.55. The molecular weight excluding hydrogens is 304 g/mol. The Kier molecular flexibility index (Phi) is 5.14. The van der Waals surface area contributed by atoms with E-state index in [1.807, 2.05) is 11.4 Å². The van der Waals surface area contributed by atoms with Crippen molar-refractivity contribution in [2.75, 3.05) is 31.6 Å². The number of thiophene rings is 1. The van der Waals surface area contributed by atoms with E-state index in [0.29, 0.717) is 0 Å². The molecule has 3 nitrogen and oxygen atoms in total. The fourth-order valence-electron chi connectivity index (χ4n) is 2.38. The van der Waals surface area contributed by atoms with Crippen LogP contribution in [0.25, 0.3) is 0 Å². The molecule has 1 saturated heterocycles. The van der Waals surface area contributed by atoms with E-state index in [0.717, 1.165) is 50.1 Å². The summed E-state index contributed by atoms with van der Waals surface area (Å²) in [6, 6.07) is 10.7. The number of anilines is 1. The van der Waals surface area contributed by atoms with Gasteiger partial charge in [0.15, 0.2) is 0 Å². The van der Waals surface area contributed by atoms with Crippen molar-refractivity contribution in [2.45, 2.75) is 13.1 Å². The van der Waals surface area contributed by atoms with Gasteiger partial charge in [0.25, 0.3) is 0 Å². The van der Waals surface area contributed by atoms with Crippen LogP contribution in [0.5, 0.6) is 0 Å². The zero-order valence-corrected chi connectivity index (χ0v) is 13.4. The first-order valence-corrected chi connectivity index (χ1v) is 8.41. The van der Waals surface area contributed by atoms with Crippen LogP contribution >= 0.6 is 22.9 Å². The molecule has 1 N–H and O–H groups in total. The molecule has 1 aliphatic heterocycles. The lowest BCUT2D eigenvalue weighted by molar-refractivity contribution is 0.0342. The first kappa shape index (κ1) is 14.9. The van der Waals surface area contributed by atoms with Gasteiger partial charge in [-0.1, -0.05) is 23.7 Å². The lowest BCUT2D eigenvalue weighted by atomic mass is 10.2. The number of ether oxygens (including phenoxy) is 1. The van der Waals surface area contributed by atoms with Gasteiger partial charge in [0, 0.05) is 42.1 Å². The maximum atomic E-state index is 5.92. The Morgan fingerprint density at radius 1 is 1.19 bits per heavy atom. The molecule has 2 aromatic rings. The molecule has 0 amide bonds. The lowest BCUT2D eigenvalue weighted by Gasteiger charge is -2.26. The Morgan fingerprint density at radius 3 is 2.62 bits per heavy atom. The van der Waals surface area contributed by atoms with Crippen molar-refractivity contribution in [3.63, 3.8) is 0 Å². The maximum absolute atomic E-state index is 5.92. The third kappa shape index (κ3) is 4.45. The van der Waals surface area contributed by atoms with Gasteiger partial charge in [-0.2, -0.15) is 0 Å². The molecule has 0 saturated carbocycles. The number of morpholine rings is 1. The van der Waals surface area contributed by atoms with Gasteiger partial charge in [-0.3, -0.25) is 4.90 Å². The van der Waals surface area contributed by atoms with Gasteiger partial charge in [-0.05, 0) is 23.8 Å². The van der Waals surface area contributed by atoms with Crippen molar-refractivity contribution >= 4 is 28.6 Å². The summed E-state index contributed by atoms with van der Waals surface area (Å²) < 4.78 is 5.37. The number of nitrogens with one attached hydrogen (secondary N) is 1. The number of rotatable bonds is 5. The molecule has 21 heavy (non-hydrogen) atoms. The average Bonchev–Trinajstić information content (AvgIpc) is 2.93. The molecule has 1 fully saturated rings. The minimum absolute atomic E-state index is 0.817. The van der Waals surface area contributed by atoms with E-state index in [1.165, 1.54) is 10.4 Å². The molecule has 3 rings (SSSR count). The highest BCUT2D eigenvalue weighted by Gasteiger charge is 2.10. The van der Waals surface area contributed by atoms with E-state index < -0.39 is 0 Å². The first-order valence-electron chi connectivity index (χ1n) is 7.15. The summed E-state index contributed by atoms with van der Waals surface area (Å²) in [6.45, 7) is 5.58. The zero-order chi connectivity index (χ0) is 14.5. The summed E-state index contributed by atoms with van der Waals surface area (Å²) in [5.41, 5.74) is 2.49. The standard InChI is InChI=1S/C16H19ClN2OS/c17-14-9-16(21-12-14)10-18-15-3-1-13(2-4-15)11-19-5-7-20-8-6-19/h1-4,9,12,18H,5-8,10-11H2. The second-order valence-electron chi connectivity index (χ2n) is 5.17. The van der Waals surface area contributed by atoms with Crippen LogP contribution in [0.15, 0.2) is 35.7 Å². The Balaban J connectivity index is 1.51. The fraction of sp³-hybridized carbons (Fsp3) is 0.375. The summed E-state index contributed by atoms with van der Waals surface area (Å²) in [6.07, 6.45) is 0. The van der Waals surface area contributed by atoms with Crippen LogP contribution in [0.1, 0.15) is 10.4 Å². The number of benzene rings is 1. The Morgan fingerprint density at radius 2 is 1.95 bits per heavy atom. The topological polar surface area (TPSA) is 24.5 Å². The Labute approximate surface area is 134 Å². The number of halogens is 1. The highest BCUT2D eigenvalue weighted by molar-refractivity contribution is 7.10. The molecular formula is C16H19ClN2OS. The van der Waals surface area contributed by atoms with Crippen molar-refractivity contribution in [3.8, 4) is 0 Å². The minimum Gasteiger partial charge on any atom is -0.380 e. The predicted molar refractivity (Wildman–Crippen MR) is 89.2 cm³/mol. The van der Waals surface area contributed by atoms with Crippen LogP contribution in [0.4, 0.5) is 5.69 Å². The van der Waals surface area contributed by atoms with Gasteiger partial charge in [0.2, 0.25) is 0 Å². The molecule has 0 unspecified atom stereocenters. The van der Waals surface area contributed by atoms with Gasteiger partial charge < -0.3 is 10.1 Å². The lowest BCUT2D eigenvalue weighted by Crippen LogP contribution is -2.35. The van der Waals surface area contributed by atoms with Crippen molar-refractivity contribution < 1.29 is 4.74 Å². The molecule has 1 aromatic heterocycles. The normalized spacial score (nSPS) is 16.0. The Hall–Kier alpha value is -1.07. The zero-order valence-electron chi connectivity index (χ0n) is 11.8. The van der Waals surface area contributed by atoms with E-state index in [2.05, 4.69) is 34.5 Å². The van der Waals surface area contributed by atoms with E-state index >= 15 is 0 Å². The third-order valence-corrected chi connectivity index (χ3v) is 4.84. The van der Waals surface area contributed by atoms with Gasteiger partial charge in [-0.25, -0.2) is 0 Å². The molecule has 0 atom stereocenters. The molecule has 1 aromatic carbocycles. The maximum Gasteiger partial charge on any atom is 0.0594 e. The minimum atomic E-state index is 0.817. The van der Waals surface area contributed by atoms with Gasteiger partial charge in [0.05, 0.1) is 18.2 Å². The summed E-state index contributed by atoms with van der Waals surface area (Å²) >= 11 is 7.61. The number of nitrogens with zero attached hydrogens (tertiary/aromatic N) is 1. The van der Waals surface area contributed by atoms with E-state index in [-0.39, 0.29) is 0 Å². The van der Waals surface area contributed by atoms with Crippen LogP contribution < -0.4 is 5.32 Å². The number of hydrogen-bond acceptors (Lipinski definition) is 4. The smallest absolute Gasteiger partial charge is 0.0594 e. The van der Waals surface area contributed by atoms with E-state index in [9.17, 15) is 0 Å². The summed E-state index contributed by atoms with van der Waals surface area (Å²) in [4.78, 5) is 3.68. The van der Waals surface area contributed by atoms with Crippen LogP contribution in [0.3, 0.4) is 0 Å². The van der Waals surface area contributed by atoms with Crippen molar-refractivity contribution in [2.24, 2.45) is 0 Å². The highest BCUT2D eigenvalue weighted by atomic mass is 35.5. The molecule has 5 heteroatoms. The van der Waals surface area contributed by atoms with Crippen LogP contribution in [0.2, 0.25) is 5.02 Å². The SMILES string of the molecule is Clc1csc(CNc2ccc(CN3CCOCC3)cc2)c1. The number of hydrogen-bond donors (Lipinski definition) is 1. The molecule has 1 aliphatic rings. The summed E-state index contributed by atoms with van der Waals surface area (Å²) in [7, 11) is 0. The van der Waals surface area contributed by atoms with Crippen LogP contribution in [0, 0.1) is 0 Å². The highest BCUT2D eigenvalue weighted by Crippen LogP contribution is 2.20. The fourth-order valence-corrected chi connectivity index (χ4v) is 3.39. The van der Waals surface area contributed by atoms with Gasteiger partial charge in [-0.15, -0.1) is 11.3 Å². The largest absolute Gasteiger partial charge is 0.380 e. The molecule has 0 radical (unpaired) electrons. The van der Waals surface area contributed by atoms with Crippen molar-refractivity contribution in [3.05, 3.63) is 51.2 Å². The monoisotopic (exact) mass is 322 g/mol. The second-order valence-corrected chi connectivity index (χ2v) is 6.60. The predicted octanol–water partition coefficient (Wildman–Crippen LogP) is 3.85. The first-order chi connectivity index (χ1) is 10.3. The second kappa shape index (κ2) is 7.27. The van der Waals surface area contributed by atoms with Gasteiger partial charge >= 0.3 is 0 Å². The van der Waals surface area contributed by atoms with Crippen LogP contribution in [-0.2, 0) is 17.8 Å². The molecule has 2 heterocycles. The molecule has 0 spiro atoms. The molecule has 112 valence electrons. The van der Waals surface area contributed by atoms with Crippen molar-refractivity contribution in [1.29, 1.82) is 0 Å².